The van der Waals surface area contributed by atoms with Gasteiger partial charge in [0, 0.05) is 31.2 Å². The summed E-state index contributed by atoms with van der Waals surface area (Å²) >= 11 is 0. The quantitative estimate of drug-likeness (QED) is 0.380. The molecule has 0 bridgehead atoms. The monoisotopic (exact) mass is 525 g/mol. The average Bonchev–Trinajstić information content (AvgIpc) is 2.82. The fraction of sp³-hybridized carbons (Fsp3) is 0.381. The van der Waals surface area contributed by atoms with E-state index in [2.05, 4.69) is 30.3 Å². The average molecular weight is 526 g/mol. The van der Waals surface area contributed by atoms with Gasteiger partial charge in [-0.15, -0.1) is 0 Å². The van der Waals surface area contributed by atoms with Crippen LogP contribution in [0.2, 0.25) is 0 Å². The molecule has 0 saturated carbocycles. The number of fused-ring (bicyclic) bond motifs is 1. The first-order valence-electron chi connectivity index (χ1n) is 10.8. The highest BCUT2D eigenvalue weighted by molar-refractivity contribution is 7.92. The Morgan fingerprint density at radius 2 is 1.97 bits per heavy atom. The van der Waals surface area contributed by atoms with Crippen molar-refractivity contribution in [2.45, 2.75) is 26.3 Å². The molecule has 0 radical (unpaired) electrons. The number of nitrogens with zero attached hydrogens (tertiary/aromatic N) is 4. The number of rotatable bonds is 9. The molecule has 3 aromatic heterocycles. The Kier molecular flexibility index (Phi) is 8.02. The van der Waals surface area contributed by atoms with Crippen molar-refractivity contribution in [1.82, 2.24) is 24.8 Å². The zero-order valence-electron chi connectivity index (χ0n) is 19.9. The standard InChI is InChI=1S/C21H25F2N7O5S/c1-5-6-36(33,34)29-17-16(23)15(14(22)10-24-17)13-7-12-9-26-20(28-18(12)30(3)19(13)31)25-8-11(2)27-21(32)35-4/h7,9-11H,5-6,8H2,1-4H3,(H,24,29)(H,27,32)(H,25,26,28)/t11-/m0/s1. The number of aromatic nitrogens is 4. The summed E-state index contributed by atoms with van der Waals surface area (Å²) in [6, 6.07) is 0.888. The van der Waals surface area contributed by atoms with Crippen LogP contribution in [-0.2, 0) is 21.8 Å². The third-order valence-electron chi connectivity index (χ3n) is 5.03. The van der Waals surface area contributed by atoms with E-state index in [0.717, 1.165) is 4.57 Å². The number of ether oxygens (including phenoxy) is 1. The van der Waals surface area contributed by atoms with Gasteiger partial charge in [0.05, 0.1) is 30.2 Å². The molecule has 0 unspecified atom stereocenters. The molecule has 0 aliphatic heterocycles. The summed E-state index contributed by atoms with van der Waals surface area (Å²) in [6.45, 7) is 3.60. The number of carbonyl (C=O) groups is 1. The van der Waals surface area contributed by atoms with E-state index in [-0.39, 0.29) is 41.9 Å². The number of anilines is 2. The van der Waals surface area contributed by atoms with Crippen LogP contribution in [0.4, 0.5) is 25.3 Å². The molecule has 12 nitrogen and oxygen atoms in total. The molecule has 3 N–H and O–H groups in total. The molecule has 1 atom stereocenters. The summed E-state index contributed by atoms with van der Waals surface area (Å²) < 4.78 is 61.6. The van der Waals surface area contributed by atoms with E-state index in [1.165, 1.54) is 26.4 Å². The van der Waals surface area contributed by atoms with Crippen LogP contribution >= 0.6 is 0 Å². The van der Waals surface area contributed by atoms with Gasteiger partial charge in [-0.25, -0.2) is 32.0 Å². The summed E-state index contributed by atoms with van der Waals surface area (Å²) in [4.78, 5) is 36.3. The SMILES string of the molecule is CCCS(=O)(=O)Nc1ncc(F)c(-c2cc3cnc(NC[C@H](C)NC(=O)OC)nc3n(C)c2=O)c1F. The van der Waals surface area contributed by atoms with Gasteiger partial charge in [-0.3, -0.25) is 14.1 Å². The Morgan fingerprint density at radius 3 is 2.64 bits per heavy atom. The molecular weight excluding hydrogens is 500 g/mol. The number of carbonyl (C=O) groups excluding carboxylic acids is 1. The number of hydrogen-bond donors (Lipinski definition) is 3. The van der Waals surface area contributed by atoms with Gasteiger partial charge in [0.15, 0.2) is 17.5 Å². The predicted molar refractivity (Wildman–Crippen MR) is 129 cm³/mol. The second-order valence-electron chi connectivity index (χ2n) is 7.88. The van der Waals surface area contributed by atoms with E-state index in [9.17, 15) is 22.4 Å². The predicted octanol–water partition coefficient (Wildman–Crippen LogP) is 1.98. The van der Waals surface area contributed by atoms with E-state index >= 15 is 4.39 Å². The van der Waals surface area contributed by atoms with Crippen LogP contribution in [0.25, 0.3) is 22.2 Å². The second kappa shape index (κ2) is 10.8. The van der Waals surface area contributed by atoms with Crippen LogP contribution in [0.1, 0.15) is 20.3 Å². The van der Waals surface area contributed by atoms with Crippen molar-refractivity contribution in [2.24, 2.45) is 7.05 Å². The number of nitrogens with one attached hydrogen (secondary N) is 3. The number of methoxy groups -OCH3 is 1. The molecule has 0 aliphatic carbocycles. The van der Waals surface area contributed by atoms with Crippen LogP contribution < -0.4 is 20.9 Å². The number of hydrogen-bond acceptors (Lipinski definition) is 9. The fourth-order valence-electron chi connectivity index (χ4n) is 3.32. The van der Waals surface area contributed by atoms with Gasteiger partial charge in [-0.05, 0) is 19.4 Å². The summed E-state index contributed by atoms with van der Waals surface area (Å²) in [5.41, 5.74) is -1.70. The lowest BCUT2D eigenvalue weighted by molar-refractivity contribution is 0.168. The zero-order chi connectivity index (χ0) is 26.6. The first-order valence-corrected chi connectivity index (χ1v) is 12.4. The Balaban J connectivity index is 1.99. The van der Waals surface area contributed by atoms with Gasteiger partial charge in [0.1, 0.15) is 5.65 Å². The Labute approximate surface area is 205 Å². The molecular formula is C21H25F2N7O5S. The van der Waals surface area contributed by atoms with Crippen LogP contribution in [0.3, 0.4) is 0 Å². The molecule has 3 rings (SSSR count). The van der Waals surface area contributed by atoms with Crippen molar-refractivity contribution < 1.29 is 26.7 Å². The summed E-state index contributed by atoms with van der Waals surface area (Å²) in [5, 5.41) is 5.77. The highest BCUT2D eigenvalue weighted by atomic mass is 32.2. The Bertz CT molecular complexity index is 1460. The maximum atomic E-state index is 15.2. The first-order chi connectivity index (χ1) is 17.0. The molecule has 0 aromatic carbocycles. The number of halogens is 2. The maximum Gasteiger partial charge on any atom is 0.407 e. The van der Waals surface area contributed by atoms with Gasteiger partial charge >= 0.3 is 6.09 Å². The molecule has 0 fully saturated rings. The van der Waals surface area contributed by atoms with E-state index in [1.54, 1.807) is 13.8 Å². The van der Waals surface area contributed by atoms with Crippen molar-refractivity contribution in [3.8, 4) is 11.1 Å². The van der Waals surface area contributed by atoms with Gasteiger partial charge in [0.2, 0.25) is 16.0 Å². The summed E-state index contributed by atoms with van der Waals surface area (Å²) in [7, 11) is -1.30. The molecule has 36 heavy (non-hydrogen) atoms. The fourth-order valence-corrected chi connectivity index (χ4v) is 4.39. The van der Waals surface area contributed by atoms with Crippen molar-refractivity contribution in [1.29, 1.82) is 0 Å². The molecule has 194 valence electrons. The van der Waals surface area contributed by atoms with Gasteiger partial charge < -0.3 is 15.4 Å². The van der Waals surface area contributed by atoms with Gasteiger partial charge in [-0.1, -0.05) is 6.92 Å². The largest absolute Gasteiger partial charge is 0.453 e. The molecule has 15 heteroatoms. The minimum absolute atomic E-state index is 0.151. The number of amides is 1. The third-order valence-corrected chi connectivity index (χ3v) is 6.48. The van der Waals surface area contributed by atoms with Crippen molar-refractivity contribution in [2.75, 3.05) is 29.4 Å². The number of alkyl carbamates (subject to hydrolysis) is 1. The van der Waals surface area contributed by atoms with Crippen molar-refractivity contribution in [3.05, 3.63) is 40.4 Å². The Morgan fingerprint density at radius 1 is 1.25 bits per heavy atom. The van der Waals surface area contributed by atoms with Crippen molar-refractivity contribution >= 4 is 38.9 Å². The molecule has 0 saturated heterocycles. The molecule has 0 aliphatic rings. The van der Waals surface area contributed by atoms with Crippen LogP contribution in [0.15, 0.2) is 23.3 Å². The minimum atomic E-state index is -3.91. The van der Waals surface area contributed by atoms with E-state index in [4.69, 9.17) is 0 Å². The van der Waals surface area contributed by atoms with Gasteiger partial charge in [-0.2, -0.15) is 4.98 Å². The lowest BCUT2D eigenvalue weighted by Crippen LogP contribution is -2.37. The number of aryl methyl sites for hydroxylation is 1. The van der Waals surface area contributed by atoms with Crippen LogP contribution in [-0.4, -0.2) is 59.5 Å². The molecule has 0 spiro atoms. The lowest BCUT2D eigenvalue weighted by atomic mass is 10.1. The third kappa shape index (κ3) is 5.84. The highest BCUT2D eigenvalue weighted by Gasteiger charge is 2.23. The highest BCUT2D eigenvalue weighted by Crippen LogP contribution is 2.29. The maximum absolute atomic E-state index is 15.2. The number of sulfonamides is 1. The van der Waals surface area contributed by atoms with Crippen LogP contribution in [0.5, 0.6) is 0 Å². The molecule has 3 aromatic rings. The van der Waals surface area contributed by atoms with Crippen LogP contribution in [0, 0.1) is 11.6 Å². The first kappa shape index (κ1) is 26.7. The van der Waals surface area contributed by atoms with Crippen molar-refractivity contribution in [3.63, 3.8) is 0 Å². The van der Waals surface area contributed by atoms with E-state index in [0.29, 0.717) is 11.6 Å². The van der Waals surface area contributed by atoms with E-state index in [1.807, 2.05) is 4.72 Å². The summed E-state index contributed by atoms with van der Waals surface area (Å²) in [6.07, 6.45) is 1.66. The zero-order valence-corrected chi connectivity index (χ0v) is 20.7. The summed E-state index contributed by atoms with van der Waals surface area (Å²) in [5.74, 6) is -3.32. The lowest BCUT2D eigenvalue weighted by Gasteiger charge is -2.15. The van der Waals surface area contributed by atoms with Gasteiger partial charge in [0.25, 0.3) is 5.56 Å². The number of pyridine rings is 2. The topological polar surface area (TPSA) is 157 Å². The second-order valence-corrected chi connectivity index (χ2v) is 9.72. The minimum Gasteiger partial charge on any atom is -0.453 e. The molecule has 3 heterocycles. The smallest absolute Gasteiger partial charge is 0.407 e. The molecule has 1 amide bonds. The normalized spacial score (nSPS) is 12.3. The van der Waals surface area contributed by atoms with E-state index < -0.39 is 44.7 Å². The Hall–Kier alpha value is -3.88.